The van der Waals surface area contributed by atoms with Crippen molar-refractivity contribution in [2.45, 2.75) is 52.4 Å². The molecular formula is C42H41N3O. The monoisotopic (exact) mass is 603 g/mol. The van der Waals surface area contributed by atoms with Crippen molar-refractivity contribution in [1.29, 1.82) is 0 Å². The topological polar surface area (TPSA) is 64.4 Å². The summed E-state index contributed by atoms with van der Waals surface area (Å²) in [4.78, 5) is 10.0. The molecule has 0 radical (unpaired) electrons. The molecule has 4 heteroatoms. The van der Waals surface area contributed by atoms with Crippen molar-refractivity contribution >= 4 is 28.2 Å². The number of allylic oxidation sites excluding steroid dienone is 5. The number of unbranched alkanes of at least 4 members (excludes halogenated alkanes) is 2. The third kappa shape index (κ3) is 6.72. The van der Waals surface area contributed by atoms with E-state index in [1.54, 1.807) is 0 Å². The Kier molecular flexibility index (Phi) is 9.54. The fourth-order valence-electron chi connectivity index (χ4n) is 5.77. The maximum atomic E-state index is 6.74. The average Bonchev–Trinajstić information content (AvgIpc) is 3.56. The number of aromatic nitrogens is 1. The van der Waals surface area contributed by atoms with E-state index >= 15 is 0 Å². The van der Waals surface area contributed by atoms with E-state index in [-0.39, 0.29) is 0 Å². The van der Waals surface area contributed by atoms with Crippen LogP contribution in [0.1, 0.15) is 61.8 Å². The van der Waals surface area contributed by atoms with Gasteiger partial charge in [0.2, 0.25) is 5.89 Å². The number of nitrogens with two attached hydrogens (primary N) is 1. The quantitative estimate of drug-likeness (QED) is 0.153. The van der Waals surface area contributed by atoms with E-state index in [2.05, 4.69) is 81.1 Å². The molecule has 230 valence electrons. The highest BCUT2D eigenvalue weighted by Gasteiger charge is 2.16. The van der Waals surface area contributed by atoms with Gasteiger partial charge in [0.25, 0.3) is 0 Å². The van der Waals surface area contributed by atoms with Gasteiger partial charge in [-0.25, -0.2) is 9.98 Å². The second kappa shape index (κ2) is 14.3. The lowest BCUT2D eigenvalue weighted by Gasteiger charge is -2.13. The molecule has 1 aliphatic rings. The van der Waals surface area contributed by atoms with Crippen molar-refractivity contribution in [3.63, 3.8) is 0 Å². The number of benzene rings is 4. The molecule has 0 aliphatic heterocycles. The fourth-order valence-corrected chi connectivity index (χ4v) is 5.77. The van der Waals surface area contributed by atoms with Crippen LogP contribution in [-0.2, 0) is 12.8 Å². The van der Waals surface area contributed by atoms with Crippen LogP contribution in [0.3, 0.4) is 0 Å². The second-order valence-corrected chi connectivity index (χ2v) is 11.8. The van der Waals surface area contributed by atoms with Crippen molar-refractivity contribution in [3.8, 4) is 22.6 Å². The molecule has 0 saturated carbocycles. The van der Waals surface area contributed by atoms with Gasteiger partial charge in [-0.05, 0) is 77.3 Å². The Bertz CT molecular complexity index is 1910. The molecule has 1 heterocycles. The molecule has 6 rings (SSSR count). The number of oxazole rings is 1. The van der Waals surface area contributed by atoms with Crippen molar-refractivity contribution in [2.75, 3.05) is 0 Å². The molecule has 1 aromatic heterocycles. The van der Waals surface area contributed by atoms with Crippen LogP contribution in [0, 0.1) is 0 Å². The van der Waals surface area contributed by atoms with Crippen LogP contribution in [0.15, 0.2) is 137 Å². The van der Waals surface area contributed by atoms with Gasteiger partial charge >= 0.3 is 0 Å². The lowest BCUT2D eigenvalue weighted by atomic mass is 9.99. The van der Waals surface area contributed by atoms with Gasteiger partial charge < -0.3 is 10.2 Å². The number of rotatable bonds is 11. The third-order valence-corrected chi connectivity index (χ3v) is 8.50. The van der Waals surface area contributed by atoms with Crippen LogP contribution in [-0.4, -0.2) is 10.7 Å². The zero-order valence-corrected chi connectivity index (χ0v) is 26.8. The van der Waals surface area contributed by atoms with Crippen LogP contribution in [0.25, 0.3) is 45.1 Å². The molecule has 4 aromatic carbocycles. The SMILES string of the molecule is C=C1C=CC=CC1=N/C(=C(\N)c1ccccc1)c1ccc(-c2ccc(-c3nc4c(CCCC)ccc(CCCC)c4o3)cc2)cc1. The molecular weight excluding hydrogens is 562 g/mol. The summed E-state index contributed by atoms with van der Waals surface area (Å²) in [6.07, 6.45) is 14.5. The minimum Gasteiger partial charge on any atom is -0.436 e. The highest BCUT2D eigenvalue weighted by Crippen LogP contribution is 2.33. The number of aliphatic imine (C=N–C) groups is 1. The maximum absolute atomic E-state index is 6.74. The van der Waals surface area contributed by atoms with Crippen LogP contribution in [0.5, 0.6) is 0 Å². The van der Waals surface area contributed by atoms with Gasteiger partial charge in [-0.2, -0.15) is 0 Å². The Morgan fingerprint density at radius 3 is 2.00 bits per heavy atom. The number of hydrogen-bond donors (Lipinski definition) is 1. The second-order valence-electron chi connectivity index (χ2n) is 11.8. The molecule has 0 saturated heterocycles. The first kappa shape index (κ1) is 30.8. The lowest BCUT2D eigenvalue weighted by Crippen LogP contribution is -2.04. The largest absolute Gasteiger partial charge is 0.436 e. The number of fused-ring (bicyclic) bond motifs is 1. The predicted octanol–water partition coefficient (Wildman–Crippen LogP) is 10.8. The molecule has 46 heavy (non-hydrogen) atoms. The highest BCUT2D eigenvalue weighted by molar-refractivity contribution is 6.14. The Hall–Kier alpha value is -5.22. The molecule has 2 N–H and O–H groups in total. The lowest BCUT2D eigenvalue weighted by molar-refractivity contribution is 0.613. The van der Waals surface area contributed by atoms with Crippen molar-refractivity contribution in [1.82, 2.24) is 4.98 Å². The van der Waals surface area contributed by atoms with Gasteiger partial charge in [-0.15, -0.1) is 0 Å². The number of nitrogens with zero attached hydrogens (tertiary/aromatic N) is 2. The molecule has 0 fully saturated rings. The zero-order chi connectivity index (χ0) is 31.9. The first-order chi connectivity index (χ1) is 22.6. The summed E-state index contributed by atoms with van der Waals surface area (Å²) in [5.41, 5.74) is 19.3. The van der Waals surface area contributed by atoms with E-state index in [0.717, 1.165) is 94.4 Å². The third-order valence-electron chi connectivity index (χ3n) is 8.50. The van der Waals surface area contributed by atoms with Crippen LogP contribution < -0.4 is 5.73 Å². The average molecular weight is 604 g/mol. The first-order valence-electron chi connectivity index (χ1n) is 16.4. The van der Waals surface area contributed by atoms with E-state index < -0.39 is 0 Å². The Balaban J connectivity index is 1.30. The molecule has 0 spiro atoms. The molecule has 5 aromatic rings. The Morgan fingerprint density at radius 1 is 0.717 bits per heavy atom. The van der Waals surface area contributed by atoms with Crippen molar-refractivity contribution < 1.29 is 4.42 Å². The number of aryl methyl sites for hydroxylation is 2. The molecule has 0 amide bonds. The van der Waals surface area contributed by atoms with Gasteiger partial charge in [-0.1, -0.05) is 130 Å². The van der Waals surface area contributed by atoms with E-state index in [4.69, 9.17) is 20.1 Å². The molecule has 4 nitrogen and oxygen atoms in total. The fraction of sp³-hybridized carbons (Fsp3) is 0.190. The smallest absolute Gasteiger partial charge is 0.227 e. The summed E-state index contributed by atoms with van der Waals surface area (Å²) in [5, 5.41) is 0. The van der Waals surface area contributed by atoms with Gasteiger partial charge in [0.05, 0.1) is 17.1 Å². The predicted molar refractivity (Wildman–Crippen MR) is 194 cm³/mol. The van der Waals surface area contributed by atoms with Crippen LogP contribution in [0.2, 0.25) is 0 Å². The summed E-state index contributed by atoms with van der Waals surface area (Å²) in [6, 6.07) is 31.3. The summed E-state index contributed by atoms with van der Waals surface area (Å²) >= 11 is 0. The van der Waals surface area contributed by atoms with E-state index in [1.165, 1.54) is 11.1 Å². The van der Waals surface area contributed by atoms with Gasteiger partial charge in [-0.3, -0.25) is 0 Å². The Morgan fingerprint density at radius 2 is 1.33 bits per heavy atom. The molecule has 0 atom stereocenters. The minimum absolute atomic E-state index is 0.620. The van der Waals surface area contributed by atoms with Gasteiger partial charge in [0.1, 0.15) is 5.52 Å². The zero-order valence-electron chi connectivity index (χ0n) is 26.8. The van der Waals surface area contributed by atoms with E-state index in [0.29, 0.717) is 11.6 Å². The number of hydrogen-bond acceptors (Lipinski definition) is 4. The molecule has 0 bridgehead atoms. The normalized spacial score (nSPS) is 14.3. The molecule has 1 aliphatic carbocycles. The van der Waals surface area contributed by atoms with Gasteiger partial charge in [0.15, 0.2) is 5.58 Å². The molecule has 0 unspecified atom stereocenters. The summed E-state index contributed by atoms with van der Waals surface area (Å²) in [7, 11) is 0. The first-order valence-corrected chi connectivity index (χ1v) is 16.4. The van der Waals surface area contributed by atoms with E-state index in [9.17, 15) is 0 Å². The van der Waals surface area contributed by atoms with Crippen LogP contribution >= 0.6 is 0 Å². The summed E-state index contributed by atoms with van der Waals surface area (Å²) in [6.45, 7) is 8.61. The standard InChI is InChI=1S/C42H41N3O/c1-4-6-14-33-25-26-35(15-7-5-2)41-40(33)45-42(46-41)36-27-21-31(22-28-36)30-19-23-34(24-20-30)39(38(43)32-16-9-8-10-17-32)44-37-18-12-11-13-29(37)3/h8-13,16-28H,3-7,14-15,43H2,1-2H3/b39-38-,44-37?. The van der Waals surface area contributed by atoms with E-state index in [1.807, 2.05) is 54.6 Å². The van der Waals surface area contributed by atoms with Gasteiger partial charge in [0, 0.05) is 11.1 Å². The summed E-state index contributed by atoms with van der Waals surface area (Å²) in [5.74, 6) is 0.678. The van der Waals surface area contributed by atoms with Crippen molar-refractivity contribution in [3.05, 3.63) is 150 Å². The minimum atomic E-state index is 0.620. The highest BCUT2D eigenvalue weighted by atomic mass is 16.3. The van der Waals surface area contributed by atoms with Crippen LogP contribution in [0.4, 0.5) is 0 Å². The van der Waals surface area contributed by atoms with Crippen molar-refractivity contribution in [2.24, 2.45) is 10.7 Å². The Labute approximate surface area is 272 Å². The summed E-state index contributed by atoms with van der Waals surface area (Å²) < 4.78 is 6.46. The maximum Gasteiger partial charge on any atom is 0.227 e.